The summed E-state index contributed by atoms with van der Waals surface area (Å²) in [6.07, 6.45) is 2.99. The number of aromatic nitrogens is 1. The molecule has 1 saturated carbocycles. The summed E-state index contributed by atoms with van der Waals surface area (Å²) in [6.45, 7) is 10.9. The van der Waals surface area contributed by atoms with Gasteiger partial charge < -0.3 is 35.4 Å². The van der Waals surface area contributed by atoms with Gasteiger partial charge in [0.05, 0.1) is 11.6 Å². The lowest BCUT2D eigenvalue weighted by Gasteiger charge is -2.44. The lowest BCUT2D eigenvalue weighted by atomic mass is 9.84. The minimum atomic E-state index is -1.52. The molecule has 12 heteroatoms. The molecule has 3 amide bonds. The molecule has 2 aromatic rings. The maximum atomic E-state index is 13.6. The second-order valence-electron chi connectivity index (χ2n) is 13.7. The van der Waals surface area contributed by atoms with E-state index in [1.54, 1.807) is 69.9 Å². The van der Waals surface area contributed by atoms with Gasteiger partial charge in [0.2, 0.25) is 5.91 Å². The molecule has 4 N–H and O–H groups in total. The van der Waals surface area contributed by atoms with Gasteiger partial charge in [0.25, 0.3) is 5.91 Å². The number of phenols is 1. The summed E-state index contributed by atoms with van der Waals surface area (Å²) in [4.78, 5) is 48.9. The van der Waals surface area contributed by atoms with E-state index in [1.807, 2.05) is 0 Å². The normalized spacial score (nSPS) is 20.0. The predicted molar refractivity (Wildman–Crippen MR) is 170 cm³/mol. The first-order chi connectivity index (χ1) is 21.2. The Hall–Kier alpha value is -4.06. The van der Waals surface area contributed by atoms with Crippen molar-refractivity contribution in [3.8, 4) is 5.75 Å². The Balaban J connectivity index is 1.34. The number of amides is 3. The number of benzene rings is 1. The van der Waals surface area contributed by atoms with Gasteiger partial charge in [-0.25, -0.2) is 9.78 Å². The average Bonchev–Trinajstić information content (AvgIpc) is 2.96. The van der Waals surface area contributed by atoms with Crippen LogP contribution in [0.15, 0.2) is 30.3 Å². The van der Waals surface area contributed by atoms with E-state index in [4.69, 9.17) is 9.72 Å². The fourth-order valence-corrected chi connectivity index (χ4v) is 6.01. The highest BCUT2D eigenvalue weighted by atomic mass is 16.6. The number of fused-ring (bicyclic) bond motifs is 1. The van der Waals surface area contributed by atoms with Gasteiger partial charge in [0, 0.05) is 57.8 Å². The average molecular weight is 623 g/mol. The fraction of sp³-hybridized carbons (Fsp3) is 0.576. The fourth-order valence-electron chi connectivity index (χ4n) is 6.01. The highest BCUT2D eigenvalue weighted by Crippen LogP contribution is 2.33. The minimum absolute atomic E-state index is 0.0416. The first-order valence-electron chi connectivity index (χ1n) is 15.8. The summed E-state index contributed by atoms with van der Waals surface area (Å²) >= 11 is 0. The number of nitrogens with zero attached hydrogens (tertiary/aromatic N) is 4. The van der Waals surface area contributed by atoms with E-state index in [-0.39, 0.29) is 30.7 Å². The molecule has 2 atom stereocenters. The monoisotopic (exact) mass is 622 g/mol. The number of nitrogens with one attached hydrogen (secondary N) is 2. The molecule has 1 aliphatic carbocycles. The number of carbonyl (C=O) groups excluding carboxylic acids is 3. The molecule has 0 bridgehead atoms. The summed E-state index contributed by atoms with van der Waals surface area (Å²) in [6, 6.07) is 8.09. The number of rotatable bonds is 7. The molecule has 12 nitrogen and oxygen atoms in total. The number of carbonyl (C=O) groups is 3. The van der Waals surface area contributed by atoms with Crippen molar-refractivity contribution in [1.29, 1.82) is 0 Å². The smallest absolute Gasteiger partial charge is 0.410 e. The molecular weight excluding hydrogens is 576 g/mol. The van der Waals surface area contributed by atoms with E-state index in [0.717, 1.165) is 30.4 Å². The first kappa shape index (κ1) is 32.3. The van der Waals surface area contributed by atoms with Crippen molar-refractivity contribution in [1.82, 2.24) is 20.1 Å². The summed E-state index contributed by atoms with van der Waals surface area (Å²) < 4.78 is 5.68. The van der Waals surface area contributed by atoms with Crippen molar-refractivity contribution in [2.45, 2.75) is 90.1 Å². The third-order valence-electron chi connectivity index (χ3n) is 8.85. The molecule has 3 heterocycles. The van der Waals surface area contributed by atoms with E-state index < -0.39 is 23.3 Å². The van der Waals surface area contributed by atoms with Crippen molar-refractivity contribution in [3.05, 3.63) is 47.0 Å². The molecule has 244 valence electrons. The molecule has 5 rings (SSSR count). The SMILES string of the molecule is CC(=O)N1CCN(c2cc(C(=O)NC[C@](C)(O)[C@@H]3Cc4ccc(O)cc4CN3C(=O)OC(C)(C)C)cc(NC3CCC3)n2)CC1. The summed E-state index contributed by atoms with van der Waals surface area (Å²) in [5, 5.41) is 28.2. The predicted octanol–water partition coefficient (Wildman–Crippen LogP) is 3.26. The Morgan fingerprint density at radius 3 is 2.36 bits per heavy atom. The standard InChI is InChI=1S/C33H46N6O6/c1-21(40)37-11-13-38(14-12-37)29-18-23(17-28(36-29)35-25-7-6-8-25)30(42)34-20-33(5,44)27-16-22-9-10-26(41)15-24(22)19-39(27)31(43)45-32(2,3)4/h9-10,15,17-18,25,27,41,44H,6-8,11-14,16,19-20H2,1-5H3,(H,34,42)(H,35,36)/t27-,33-/m0/s1. The Labute approximate surface area is 264 Å². The number of aromatic hydroxyl groups is 1. The molecule has 1 saturated heterocycles. The van der Waals surface area contributed by atoms with Crippen molar-refractivity contribution in [3.63, 3.8) is 0 Å². The number of anilines is 2. The first-order valence-corrected chi connectivity index (χ1v) is 15.8. The van der Waals surface area contributed by atoms with E-state index in [9.17, 15) is 24.6 Å². The largest absolute Gasteiger partial charge is 0.508 e. The third kappa shape index (κ3) is 7.78. The van der Waals surface area contributed by atoms with E-state index in [0.29, 0.717) is 55.8 Å². The maximum absolute atomic E-state index is 13.6. The van der Waals surface area contributed by atoms with Crippen LogP contribution in [0.2, 0.25) is 0 Å². The number of pyridine rings is 1. The van der Waals surface area contributed by atoms with Crippen LogP contribution in [0.3, 0.4) is 0 Å². The molecule has 0 radical (unpaired) electrons. The number of ether oxygens (including phenoxy) is 1. The zero-order valence-corrected chi connectivity index (χ0v) is 26.9. The van der Waals surface area contributed by atoms with Gasteiger partial charge in [-0.3, -0.25) is 14.5 Å². The second kappa shape index (κ2) is 12.7. The molecule has 0 unspecified atom stereocenters. The van der Waals surface area contributed by atoms with E-state index >= 15 is 0 Å². The highest BCUT2D eigenvalue weighted by Gasteiger charge is 2.43. The quantitative estimate of drug-likeness (QED) is 0.365. The van der Waals surface area contributed by atoms with Crippen molar-refractivity contribution >= 4 is 29.5 Å². The van der Waals surface area contributed by atoms with Crippen LogP contribution in [0, 0.1) is 0 Å². The van der Waals surface area contributed by atoms with Crippen LogP contribution in [0.4, 0.5) is 16.4 Å². The number of piperazine rings is 1. The van der Waals surface area contributed by atoms with Gasteiger partial charge in [-0.2, -0.15) is 0 Å². The lowest BCUT2D eigenvalue weighted by molar-refractivity contribution is -0.129. The molecular formula is C33H46N6O6. The molecule has 2 fully saturated rings. The van der Waals surface area contributed by atoms with Gasteiger partial charge in [-0.05, 0) is 88.8 Å². The molecule has 45 heavy (non-hydrogen) atoms. The Morgan fingerprint density at radius 1 is 1.02 bits per heavy atom. The number of phenolic OH excluding ortho intramolecular Hbond substituents is 1. The van der Waals surface area contributed by atoms with Gasteiger partial charge in [-0.1, -0.05) is 6.07 Å². The van der Waals surface area contributed by atoms with Crippen LogP contribution in [0.25, 0.3) is 0 Å². The molecule has 1 aromatic heterocycles. The minimum Gasteiger partial charge on any atom is -0.508 e. The Bertz CT molecular complexity index is 1430. The maximum Gasteiger partial charge on any atom is 0.410 e. The number of aliphatic hydroxyl groups is 1. The van der Waals surface area contributed by atoms with Crippen molar-refractivity contribution in [2.24, 2.45) is 0 Å². The third-order valence-corrected chi connectivity index (χ3v) is 8.85. The van der Waals surface area contributed by atoms with Crippen LogP contribution in [0.5, 0.6) is 5.75 Å². The van der Waals surface area contributed by atoms with Crippen LogP contribution in [-0.4, -0.2) is 98.9 Å². The summed E-state index contributed by atoms with van der Waals surface area (Å²) in [5.41, 5.74) is -0.186. The summed E-state index contributed by atoms with van der Waals surface area (Å²) in [5.74, 6) is 1.04. The van der Waals surface area contributed by atoms with Gasteiger partial charge in [0.1, 0.15) is 23.0 Å². The number of hydrogen-bond acceptors (Lipinski definition) is 9. The lowest BCUT2D eigenvalue weighted by Crippen LogP contribution is -2.60. The molecule has 3 aliphatic rings. The van der Waals surface area contributed by atoms with Crippen molar-refractivity contribution < 1.29 is 29.3 Å². The summed E-state index contributed by atoms with van der Waals surface area (Å²) in [7, 11) is 0. The second-order valence-corrected chi connectivity index (χ2v) is 13.7. The van der Waals surface area contributed by atoms with Crippen molar-refractivity contribution in [2.75, 3.05) is 42.9 Å². The van der Waals surface area contributed by atoms with Crippen LogP contribution in [0.1, 0.15) is 75.4 Å². The topological polar surface area (TPSA) is 148 Å². The molecule has 0 spiro atoms. The van der Waals surface area contributed by atoms with Crippen LogP contribution >= 0.6 is 0 Å². The Kier molecular flexibility index (Phi) is 9.16. The van der Waals surface area contributed by atoms with Crippen LogP contribution in [-0.2, 0) is 22.5 Å². The number of hydrogen-bond donors (Lipinski definition) is 4. The Morgan fingerprint density at radius 2 is 1.73 bits per heavy atom. The van der Waals surface area contributed by atoms with E-state index in [1.165, 1.54) is 4.90 Å². The van der Waals surface area contributed by atoms with Gasteiger partial charge >= 0.3 is 6.09 Å². The van der Waals surface area contributed by atoms with Gasteiger partial charge in [-0.15, -0.1) is 0 Å². The zero-order chi connectivity index (χ0) is 32.5. The molecule has 2 aliphatic heterocycles. The highest BCUT2D eigenvalue weighted by molar-refractivity contribution is 5.95. The van der Waals surface area contributed by atoms with Gasteiger partial charge in [0.15, 0.2) is 0 Å². The van der Waals surface area contributed by atoms with Crippen LogP contribution < -0.4 is 15.5 Å². The molecule has 1 aromatic carbocycles. The van der Waals surface area contributed by atoms with E-state index in [2.05, 4.69) is 15.5 Å². The zero-order valence-electron chi connectivity index (χ0n) is 26.9.